The molecule has 2 N–H and O–H groups in total. The summed E-state index contributed by atoms with van der Waals surface area (Å²) in [7, 11) is 1.67. The Hall–Kier alpha value is -1.06. The molecule has 1 rings (SSSR count). The van der Waals surface area contributed by atoms with Crippen LogP contribution in [0.5, 0.6) is 5.75 Å². The van der Waals surface area contributed by atoms with Gasteiger partial charge in [0, 0.05) is 13.1 Å². The SMILES string of the molecule is COc1ccc(C(C)CNCC(C)O)cc1. The third kappa shape index (κ3) is 4.21. The predicted molar refractivity (Wildman–Crippen MR) is 66.0 cm³/mol. The van der Waals surface area contributed by atoms with Crippen molar-refractivity contribution < 1.29 is 9.84 Å². The first-order valence-corrected chi connectivity index (χ1v) is 5.66. The van der Waals surface area contributed by atoms with Crippen molar-refractivity contribution in [1.82, 2.24) is 5.32 Å². The molecular weight excluding hydrogens is 202 g/mol. The summed E-state index contributed by atoms with van der Waals surface area (Å²) in [6, 6.07) is 8.10. The van der Waals surface area contributed by atoms with Crippen LogP contribution in [0, 0.1) is 0 Å². The van der Waals surface area contributed by atoms with Gasteiger partial charge in [-0.15, -0.1) is 0 Å². The summed E-state index contributed by atoms with van der Waals surface area (Å²) in [6.07, 6.45) is -0.289. The lowest BCUT2D eigenvalue weighted by molar-refractivity contribution is 0.191. The second-order valence-electron chi connectivity index (χ2n) is 4.18. The van der Waals surface area contributed by atoms with Crippen molar-refractivity contribution in [2.45, 2.75) is 25.9 Å². The second-order valence-corrected chi connectivity index (χ2v) is 4.18. The fourth-order valence-electron chi connectivity index (χ4n) is 1.56. The van der Waals surface area contributed by atoms with Crippen molar-refractivity contribution in [3.8, 4) is 5.75 Å². The standard InChI is InChI=1S/C13H21NO2/c1-10(8-14-9-11(2)15)12-4-6-13(16-3)7-5-12/h4-7,10-11,14-15H,8-9H2,1-3H3. The number of aliphatic hydroxyl groups is 1. The molecule has 0 aliphatic rings. The topological polar surface area (TPSA) is 41.5 Å². The summed E-state index contributed by atoms with van der Waals surface area (Å²) in [6.45, 7) is 5.46. The van der Waals surface area contributed by atoms with Crippen LogP contribution in [-0.4, -0.2) is 31.4 Å². The van der Waals surface area contributed by atoms with Gasteiger partial charge in [-0.3, -0.25) is 0 Å². The van der Waals surface area contributed by atoms with Gasteiger partial charge in [0.2, 0.25) is 0 Å². The summed E-state index contributed by atoms with van der Waals surface area (Å²) in [5.41, 5.74) is 1.28. The van der Waals surface area contributed by atoms with E-state index in [1.54, 1.807) is 14.0 Å². The average molecular weight is 223 g/mol. The molecule has 0 aromatic heterocycles. The van der Waals surface area contributed by atoms with Gasteiger partial charge in [0.05, 0.1) is 13.2 Å². The Bertz CT molecular complexity index is 295. The first kappa shape index (κ1) is 13.0. The van der Waals surface area contributed by atoms with E-state index in [0.717, 1.165) is 12.3 Å². The Morgan fingerprint density at radius 3 is 2.31 bits per heavy atom. The molecule has 0 aliphatic heterocycles. The molecule has 2 atom stereocenters. The van der Waals surface area contributed by atoms with Gasteiger partial charge >= 0.3 is 0 Å². The van der Waals surface area contributed by atoms with E-state index in [2.05, 4.69) is 24.4 Å². The number of hydrogen-bond acceptors (Lipinski definition) is 3. The molecule has 0 saturated heterocycles. The molecule has 0 spiro atoms. The highest BCUT2D eigenvalue weighted by atomic mass is 16.5. The number of rotatable bonds is 6. The third-order valence-corrected chi connectivity index (χ3v) is 2.58. The lowest BCUT2D eigenvalue weighted by Crippen LogP contribution is -2.27. The molecule has 90 valence electrons. The zero-order valence-electron chi connectivity index (χ0n) is 10.2. The quantitative estimate of drug-likeness (QED) is 0.772. The average Bonchev–Trinajstić information content (AvgIpc) is 2.28. The van der Waals surface area contributed by atoms with E-state index < -0.39 is 0 Å². The fourth-order valence-corrected chi connectivity index (χ4v) is 1.56. The number of methoxy groups -OCH3 is 1. The van der Waals surface area contributed by atoms with Crippen LogP contribution in [0.2, 0.25) is 0 Å². The third-order valence-electron chi connectivity index (χ3n) is 2.58. The first-order valence-electron chi connectivity index (χ1n) is 5.66. The maximum atomic E-state index is 9.13. The molecule has 0 bridgehead atoms. The van der Waals surface area contributed by atoms with Gasteiger partial charge < -0.3 is 15.2 Å². The van der Waals surface area contributed by atoms with Gasteiger partial charge in [0.1, 0.15) is 5.75 Å². The highest BCUT2D eigenvalue weighted by molar-refractivity contribution is 5.29. The van der Waals surface area contributed by atoms with Gasteiger partial charge in [-0.05, 0) is 30.5 Å². The van der Waals surface area contributed by atoms with Crippen LogP contribution in [0.4, 0.5) is 0 Å². The van der Waals surface area contributed by atoms with Crippen LogP contribution < -0.4 is 10.1 Å². The molecule has 3 nitrogen and oxygen atoms in total. The minimum absolute atomic E-state index is 0.289. The maximum Gasteiger partial charge on any atom is 0.118 e. The Kier molecular flexibility index (Phi) is 5.29. The minimum Gasteiger partial charge on any atom is -0.497 e. The molecule has 1 aromatic rings. The normalized spacial score (nSPS) is 14.5. The Balaban J connectivity index is 2.43. The smallest absolute Gasteiger partial charge is 0.118 e. The van der Waals surface area contributed by atoms with Crippen molar-refractivity contribution in [3.05, 3.63) is 29.8 Å². The van der Waals surface area contributed by atoms with Crippen LogP contribution in [0.3, 0.4) is 0 Å². The van der Waals surface area contributed by atoms with E-state index in [4.69, 9.17) is 9.84 Å². The predicted octanol–water partition coefficient (Wildman–Crippen LogP) is 1.77. The van der Waals surface area contributed by atoms with Crippen LogP contribution >= 0.6 is 0 Å². The van der Waals surface area contributed by atoms with Crippen molar-refractivity contribution in [2.75, 3.05) is 20.2 Å². The largest absolute Gasteiger partial charge is 0.497 e. The highest BCUT2D eigenvalue weighted by Gasteiger charge is 2.05. The number of hydrogen-bond donors (Lipinski definition) is 2. The van der Waals surface area contributed by atoms with Crippen LogP contribution in [-0.2, 0) is 0 Å². The number of ether oxygens (including phenoxy) is 1. The van der Waals surface area contributed by atoms with Crippen LogP contribution in [0.1, 0.15) is 25.3 Å². The second kappa shape index (κ2) is 6.51. The minimum atomic E-state index is -0.289. The van der Waals surface area contributed by atoms with E-state index in [9.17, 15) is 0 Å². The van der Waals surface area contributed by atoms with E-state index in [-0.39, 0.29) is 6.10 Å². The van der Waals surface area contributed by atoms with Crippen LogP contribution in [0.15, 0.2) is 24.3 Å². The number of benzene rings is 1. The zero-order valence-corrected chi connectivity index (χ0v) is 10.2. The van der Waals surface area contributed by atoms with Crippen molar-refractivity contribution >= 4 is 0 Å². The molecule has 0 aliphatic carbocycles. The van der Waals surface area contributed by atoms with E-state index in [0.29, 0.717) is 12.5 Å². The summed E-state index contributed by atoms with van der Waals surface area (Å²) in [5, 5.41) is 12.4. The summed E-state index contributed by atoms with van der Waals surface area (Å²) in [5.74, 6) is 1.32. The lowest BCUT2D eigenvalue weighted by Gasteiger charge is -2.14. The summed E-state index contributed by atoms with van der Waals surface area (Å²) in [4.78, 5) is 0. The van der Waals surface area contributed by atoms with Crippen molar-refractivity contribution in [1.29, 1.82) is 0 Å². The first-order chi connectivity index (χ1) is 7.63. The van der Waals surface area contributed by atoms with Gasteiger partial charge in [-0.1, -0.05) is 19.1 Å². The van der Waals surface area contributed by atoms with E-state index >= 15 is 0 Å². The molecule has 0 amide bonds. The molecule has 16 heavy (non-hydrogen) atoms. The molecule has 0 radical (unpaired) electrons. The molecule has 2 unspecified atom stereocenters. The Morgan fingerprint density at radius 1 is 1.19 bits per heavy atom. The zero-order chi connectivity index (χ0) is 12.0. The molecule has 0 fully saturated rings. The maximum absolute atomic E-state index is 9.13. The molecule has 0 saturated carbocycles. The van der Waals surface area contributed by atoms with Crippen molar-refractivity contribution in [3.63, 3.8) is 0 Å². The monoisotopic (exact) mass is 223 g/mol. The molecular formula is C13H21NO2. The fraction of sp³-hybridized carbons (Fsp3) is 0.538. The molecule has 1 aromatic carbocycles. The molecule has 3 heteroatoms. The van der Waals surface area contributed by atoms with Crippen molar-refractivity contribution in [2.24, 2.45) is 0 Å². The van der Waals surface area contributed by atoms with Gasteiger partial charge in [0.15, 0.2) is 0 Å². The highest BCUT2D eigenvalue weighted by Crippen LogP contribution is 2.18. The van der Waals surface area contributed by atoms with Crippen LogP contribution in [0.25, 0.3) is 0 Å². The lowest BCUT2D eigenvalue weighted by atomic mass is 10.0. The molecule has 0 heterocycles. The van der Waals surface area contributed by atoms with Gasteiger partial charge in [0.25, 0.3) is 0 Å². The Morgan fingerprint density at radius 2 is 1.81 bits per heavy atom. The van der Waals surface area contributed by atoms with E-state index in [1.807, 2.05) is 12.1 Å². The van der Waals surface area contributed by atoms with Gasteiger partial charge in [-0.2, -0.15) is 0 Å². The van der Waals surface area contributed by atoms with Gasteiger partial charge in [-0.25, -0.2) is 0 Å². The number of nitrogens with one attached hydrogen (secondary N) is 1. The summed E-state index contributed by atoms with van der Waals surface area (Å²) >= 11 is 0. The number of aliphatic hydroxyl groups excluding tert-OH is 1. The summed E-state index contributed by atoms with van der Waals surface area (Å²) < 4.78 is 5.11. The van der Waals surface area contributed by atoms with E-state index in [1.165, 1.54) is 5.56 Å². The Labute approximate surface area is 97.4 Å².